The highest BCUT2D eigenvalue weighted by Crippen LogP contribution is 2.07. The van der Waals surface area contributed by atoms with Gasteiger partial charge < -0.3 is 10.0 Å². The summed E-state index contributed by atoms with van der Waals surface area (Å²) >= 11 is 0. The molecule has 0 aromatic carbocycles. The van der Waals surface area contributed by atoms with E-state index < -0.39 is 5.60 Å². The average molecular weight is 245 g/mol. The minimum Gasteiger partial charge on any atom is -0.389 e. The first kappa shape index (κ1) is 16.4. The monoisotopic (exact) mass is 245 g/mol. The fourth-order valence-corrected chi connectivity index (χ4v) is 1.77. The molecule has 0 atom stereocenters. The first-order valence-corrected chi connectivity index (χ1v) is 6.33. The van der Waals surface area contributed by atoms with E-state index in [-0.39, 0.29) is 5.91 Å². The van der Waals surface area contributed by atoms with Gasteiger partial charge in [0.05, 0.1) is 5.60 Å². The van der Waals surface area contributed by atoms with E-state index in [0.29, 0.717) is 13.0 Å². The van der Waals surface area contributed by atoms with Crippen molar-refractivity contribution in [2.24, 2.45) is 5.84 Å². The number of carbonyl (C=O) groups is 1. The lowest BCUT2D eigenvalue weighted by Gasteiger charge is -2.27. The Morgan fingerprint density at radius 3 is 2.47 bits per heavy atom. The predicted octanol–water partition coefficient (Wildman–Crippen LogP) is 0.630. The summed E-state index contributed by atoms with van der Waals surface area (Å²) in [6.45, 7) is 8.32. The lowest BCUT2D eigenvalue weighted by Crippen LogP contribution is -2.39. The highest BCUT2D eigenvalue weighted by molar-refractivity contribution is 5.74. The molecule has 0 saturated carbocycles. The van der Waals surface area contributed by atoms with Crippen molar-refractivity contribution < 1.29 is 9.90 Å². The quantitative estimate of drug-likeness (QED) is 0.241. The third kappa shape index (κ3) is 10.2. The van der Waals surface area contributed by atoms with Gasteiger partial charge in [-0.25, -0.2) is 5.84 Å². The number of aliphatic hydroxyl groups is 1. The van der Waals surface area contributed by atoms with Crippen molar-refractivity contribution in [3.8, 4) is 0 Å². The van der Waals surface area contributed by atoms with Crippen molar-refractivity contribution in [1.82, 2.24) is 10.3 Å². The summed E-state index contributed by atoms with van der Waals surface area (Å²) in [5.41, 5.74) is 1.48. The number of unbranched alkanes of at least 4 members (excludes halogenated alkanes) is 2. The molecule has 0 aliphatic heterocycles. The molecule has 102 valence electrons. The zero-order valence-corrected chi connectivity index (χ0v) is 11.3. The van der Waals surface area contributed by atoms with E-state index in [9.17, 15) is 9.90 Å². The van der Waals surface area contributed by atoms with Crippen molar-refractivity contribution in [3.05, 3.63) is 0 Å². The molecule has 0 bridgehead atoms. The van der Waals surface area contributed by atoms with Crippen LogP contribution in [-0.2, 0) is 4.79 Å². The Morgan fingerprint density at radius 2 is 2.00 bits per heavy atom. The molecule has 0 aromatic rings. The van der Waals surface area contributed by atoms with Gasteiger partial charge in [0.25, 0.3) is 0 Å². The van der Waals surface area contributed by atoms with Crippen LogP contribution in [0.4, 0.5) is 0 Å². The van der Waals surface area contributed by atoms with Crippen LogP contribution in [0.2, 0.25) is 0 Å². The first-order chi connectivity index (χ1) is 7.89. The molecule has 0 spiro atoms. The molecule has 17 heavy (non-hydrogen) atoms. The number of hydrogen-bond donors (Lipinski definition) is 3. The Hall–Kier alpha value is -0.650. The van der Waals surface area contributed by atoms with Gasteiger partial charge in [0.1, 0.15) is 0 Å². The molecule has 5 nitrogen and oxygen atoms in total. The van der Waals surface area contributed by atoms with Crippen molar-refractivity contribution >= 4 is 5.91 Å². The van der Waals surface area contributed by atoms with E-state index in [4.69, 9.17) is 5.84 Å². The van der Waals surface area contributed by atoms with Crippen LogP contribution in [0.15, 0.2) is 0 Å². The van der Waals surface area contributed by atoms with Crippen molar-refractivity contribution in [2.75, 3.05) is 19.6 Å². The third-order valence-electron chi connectivity index (χ3n) is 2.60. The van der Waals surface area contributed by atoms with Crippen LogP contribution in [0.3, 0.4) is 0 Å². The van der Waals surface area contributed by atoms with Gasteiger partial charge in [-0.2, -0.15) is 0 Å². The SMILES string of the molecule is CCN(CCCCCC(=O)NN)CC(C)(C)O. The molecule has 0 aliphatic carbocycles. The maximum Gasteiger partial charge on any atom is 0.233 e. The molecule has 0 rings (SSSR count). The minimum absolute atomic E-state index is 0.103. The number of hydrazine groups is 1. The molecule has 0 fully saturated rings. The fourth-order valence-electron chi connectivity index (χ4n) is 1.77. The minimum atomic E-state index is -0.643. The van der Waals surface area contributed by atoms with E-state index >= 15 is 0 Å². The molecular formula is C12H27N3O2. The van der Waals surface area contributed by atoms with E-state index in [2.05, 4.69) is 17.2 Å². The topological polar surface area (TPSA) is 78.6 Å². The number of amides is 1. The number of carbonyl (C=O) groups excluding carboxylic acids is 1. The second kappa shape index (κ2) is 8.44. The Labute approximate surface area is 104 Å². The van der Waals surface area contributed by atoms with Gasteiger partial charge in [0.15, 0.2) is 0 Å². The van der Waals surface area contributed by atoms with Crippen LogP contribution >= 0.6 is 0 Å². The maximum absolute atomic E-state index is 10.9. The second-order valence-electron chi connectivity index (χ2n) is 5.06. The summed E-state index contributed by atoms with van der Waals surface area (Å²) in [6.07, 6.45) is 3.41. The lowest BCUT2D eigenvalue weighted by atomic mass is 10.1. The molecule has 0 heterocycles. The lowest BCUT2D eigenvalue weighted by molar-refractivity contribution is -0.121. The average Bonchev–Trinajstić information content (AvgIpc) is 2.25. The highest BCUT2D eigenvalue weighted by Gasteiger charge is 2.16. The third-order valence-corrected chi connectivity index (χ3v) is 2.60. The van der Waals surface area contributed by atoms with Crippen molar-refractivity contribution in [2.45, 2.75) is 52.1 Å². The molecule has 0 saturated heterocycles. The van der Waals surface area contributed by atoms with E-state index in [1.165, 1.54) is 0 Å². The smallest absolute Gasteiger partial charge is 0.233 e. The molecule has 1 amide bonds. The van der Waals surface area contributed by atoms with Gasteiger partial charge >= 0.3 is 0 Å². The van der Waals surface area contributed by atoms with E-state index in [0.717, 1.165) is 32.4 Å². The summed E-state index contributed by atoms with van der Waals surface area (Å²) in [6, 6.07) is 0. The van der Waals surface area contributed by atoms with Gasteiger partial charge in [0.2, 0.25) is 5.91 Å². The molecule has 0 aliphatic rings. The van der Waals surface area contributed by atoms with E-state index in [1.807, 2.05) is 13.8 Å². The fraction of sp³-hybridized carbons (Fsp3) is 0.917. The summed E-state index contributed by atoms with van der Waals surface area (Å²) in [5.74, 6) is 4.89. The largest absolute Gasteiger partial charge is 0.389 e. The summed E-state index contributed by atoms with van der Waals surface area (Å²) in [7, 11) is 0. The van der Waals surface area contributed by atoms with Gasteiger partial charge in [0, 0.05) is 13.0 Å². The molecular weight excluding hydrogens is 218 g/mol. The molecule has 0 unspecified atom stereocenters. The van der Waals surface area contributed by atoms with Crippen LogP contribution in [0, 0.1) is 0 Å². The Morgan fingerprint density at radius 1 is 1.35 bits per heavy atom. The van der Waals surface area contributed by atoms with Gasteiger partial charge in [-0.05, 0) is 39.8 Å². The zero-order valence-electron chi connectivity index (χ0n) is 11.3. The van der Waals surface area contributed by atoms with E-state index in [1.54, 1.807) is 0 Å². The maximum atomic E-state index is 10.9. The normalized spacial score (nSPS) is 11.9. The number of nitrogens with zero attached hydrogens (tertiary/aromatic N) is 1. The molecule has 0 radical (unpaired) electrons. The number of nitrogens with two attached hydrogens (primary N) is 1. The van der Waals surface area contributed by atoms with Crippen LogP contribution in [-0.4, -0.2) is 41.1 Å². The highest BCUT2D eigenvalue weighted by atomic mass is 16.3. The number of likely N-dealkylation sites (N-methyl/N-ethyl adjacent to an activating group) is 1. The van der Waals surface area contributed by atoms with Crippen LogP contribution in [0.25, 0.3) is 0 Å². The van der Waals surface area contributed by atoms with Gasteiger partial charge in [-0.3, -0.25) is 10.2 Å². The summed E-state index contributed by atoms with van der Waals surface area (Å²) in [5, 5.41) is 9.72. The van der Waals surface area contributed by atoms with Crippen molar-refractivity contribution in [1.29, 1.82) is 0 Å². The van der Waals surface area contributed by atoms with Crippen LogP contribution in [0.1, 0.15) is 46.5 Å². The van der Waals surface area contributed by atoms with Crippen LogP contribution < -0.4 is 11.3 Å². The Balaban J connectivity index is 3.60. The zero-order chi connectivity index (χ0) is 13.3. The predicted molar refractivity (Wildman–Crippen MR) is 69.2 cm³/mol. The number of nitrogens with one attached hydrogen (secondary N) is 1. The van der Waals surface area contributed by atoms with Gasteiger partial charge in [-0.15, -0.1) is 0 Å². The first-order valence-electron chi connectivity index (χ1n) is 6.33. The molecule has 5 heteroatoms. The Kier molecular flexibility index (Phi) is 8.12. The standard InChI is InChI=1S/C12H27N3O2/c1-4-15(10-12(2,3)17)9-7-5-6-8-11(16)14-13/h17H,4-10,13H2,1-3H3,(H,14,16). The Bertz CT molecular complexity index is 214. The summed E-state index contributed by atoms with van der Waals surface area (Å²) in [4.78, 5) is 13.1. The second-order valence-corrected chi connectivity index (χ2v) is 5.06. The van der Waals surface area contributed by atoms with Crippen LogP contribution in [0.5, 0.6) is 0 Å². The molecule has 4 N–H and O–H groups in total. The van der Waals surface area contributed by atoms with Gasteiger partial charge in [-0.1, -0.05) is 13.3 Å². The molecule has 0 aromatic heterocycles. The van der Waals surface area contributed by atoms with Crippen molar-refractivity contribution in [3.63, 3.8) is 0 Å². The number of hydrogen-bond acceptors (Lipinski definition) is 4. The summed E-state index contributed by atoms with van der Waals surface area (Å²) < 4.78 is 0. The number of rotatable bonds is 9.